The molecule has 2 aliphatic heterocycles. The Labute approximate surface area is 189 Å². The van der Waals surface area contributed by atoms with Gasteiger partial charge >= 0.3 is 5.97 Å². The Bertz CT molecular complexity index is 1230. The van der Waals surface area contributed by atoms with Gasteiger partial charge in [-0.15, -0.1) is 0 Å². The van der Waals surface area contributed by atoms with Crippen LogP contribution in [0.4, 0.5) is 11.4 Å². The number of hydrogen-bond donors (Lipinski definition) is 2. The predicted octanol–water partition coefficient (Wildman–Crippen LogP) is 4.90. The van der Waals surface area contributed by atoms with E-state index in [4.69, 9.17) is 23.2 Å². The van der Waals surface area contributed by atoms with E-state index < -0.39 is 17.6 Å². The number of nitrogens with one attached hydrogen (secondary N) is 1. The molecule has 0 fully saturated rings. The van der Waals surface area contributed by atoms with Gasteiger partial charge in [0.15, 0.2) is 5.54 Å². The number of carbonyl (C=O) groups excluding carboxylic acids is 1. The van der Waals surface area contributed by atoms with E-state index >= 15 is 0 Å². The van der Waals surface area contributed by atoms with Crippen LogP contribution < -0.4 is 10.2 Å². The van der Waals surface area contributed by atoms with E-state index in [2.05, 4.69) is 5.32 Å². The summed E-state index contributed by atoms with van der Waals surface area (Å²) in [6, 6.07) is 19.2. The fourth-order valence-corrected chi connectivity index (χ4v) is 5.21. The van der Waals surface area contributed by atoms with Crippen LogP contribution in [0.2, 0.25) is 10.0 Å². The standard InChI is InChI=1S/C24H18Cl2N2O3/c25-16-6-3-4-14(10-16)13-24(18-9-8-17(26)12-19(18)27-23(24)31)28-20-7-2-1-5-15(20)11-21(28)22(29)30/h1-10,12,21H,11,13H2,(H,27,31)(H,29,30). The van der Waals surface area contributed by atoms with Crippen molar-refractivity contribution in [3.05, 3.63) is 93.5 Å². The maximum Gasteiger partial charge on any atom is 0.326 e. The molecule has 2 heterocycles. The molecule has 2 aliphatic rings. The molecule has 0 bridgehead atoms. The lowest BCUT2D eigenvalue weighted by atomic mass is 9.82. The Hall–Kier alpha value is -3.02. The van der Waals surface area contributed by atoms with Crippen LogP contribution in [-0.4, -0.2) is 23.0 Å². The van der Waals surface area contributed by atoms with Crippen molar-refractivity contribution in [2.45, 2.75) is 24.4 Å². The number of benzene rings is 3. The van der Waals surface area contributed by atoms with Crippen molar-refractivity contribution in [1.82, 2.24) is 0 Å². The van der Waals surface area contributed by atoms with Crippen LogP contribution in [0.25, 0.3) is 0 Å². The van der Waals surface area contributed by atoms with E-state index in [0.29, 0.717) is 27.7 Å². The van der Waals surface area contributed by atoms with Crippen LogP contribution in [0, 0.1) is 0 Å². The molecule has 2 N–H and O–H groups in total. The van der Waals surface area contributed by atoms with Crippen molar-refractivity contribution in [1.29, 1.82) is 0 Å². The number of carboxylic acid groups (broad SMARTS) is 1. The van der Waals surface area contributed by atoms with Crippen molar-refractivity contribution in [2.75, 3.05) is 10.2 Å². The SMILES string of the molecule is O=C(O)C1Cc2ccccc2N1C1(Cc2cccc(Cl)c2)C(=O)Nc2cc(Cl)ccc21. The summed E-state index contributed by atoms with van der Waals surface area (Å²) in [5.41, 5.74) is 2.50. The van der Waals surface area contributed by atoms with Gasteiger partial charge in [0.05, 0.1) is 0 Å². The number of halogens is 2. The van der Waals surface area contributed by atoms with E-state index in [9.17, 15) is 14.7 Å². The molecule has 0 spiro atoms. The Morgan fingerprint density at radius 3 is 2.61 bits per heavy atom. The van der Waals surface area contributed by atoms with Crippen molar-refractivity contribution in [2.24, 2.45) is 0 Å². The van der Waals surface area contributed by atoms with Crippen LogP contribution in [0.15, 0.2) is 66.7 Å². The highest BCUT2D eigenvalue weighted by atomic mass is 35.5. The number of amides is 1. The lowest BCUT2D eigenvalue weighted by Crippen LogP contribution is -2.57. The Morgan fingerprint density at radius 2 is 1.84 bits per heavy atom. The maximum atomic E-state index is 13.7. The minimum Gasteiger partial charge on any atom is -0.480 e. The van der Waals surface area contributed by atoms with Gasteiger partial charge in [-0.2, -0.15) is 0 Å². The predicted molar refractivity (Wildman–Crippen MR) is 121 cm³/mol. The number of aliphatic carboxylic acids is 1. The number of carbonyl (C=O) groups is 2. The van der Waals surface area contributed by atoms with Crippen LogP contribution in [0.3, 0.4) is 0 Å². The van der Waals surface area contributed by atoms with Gasteiger partial charge in [-0.3, -0.25) is 4.79 Å². The van der Waals surface area contributed by atoms with Crippen LogP contribution >= 0.6 is 23.2 Å². The molecule has 2 unspecified atom stereocenters. The van der Waals surface area contributed by atoms with Gasteiger partial charge in [0, 0.05) is 39.8 Å². The molecule has 0 radical (unpaired) electrons. The lowest BCUT2D eigenvalue weighted by Gasteiger charge is -2.42. The molecule has 156 valence electrons. The second-order valence-electron chi connectivity index (χ2n) is 7.87. The van der Waals surface area contributed by atoms with E-state index in [-0.39, 0.29) is 12.3 Å². The molecular formula is C24H18Cl2N2O3. The number of fused-ring (bicyclic) bond motifs is 2. The summed E-state index contributed by atoms with van der Waals surface area (Å²) >= 11 is 12.4. The zero-order valence-electron chi connectivity index (χ0n) is 16.3. The quantitative estimate of drug-likeness (QED) is 0.590. The molecule has 0 saturated heterocycles. The molecule has 3 aromatic carbocycles. The summed E-state index contributed by atoms with van der Waals surface area (Å²) < 4.78 is 0. The summed E-state index contributed by atoms with van der Waals surface area (Å²) in [5.74, 6) is -1.26. The van der Waals surface area contributed by atoms with Gasteiger partial charge in [0.25, 0.3) is 5.91 Å². The fraction of sp³-hybridized carbons (Fsp3) is 0.167. The molecular weight excluding hydrogens is 435 g/mol. The first-order valence-corrected chi connectivity index (χ1v) is 10.6. The van der Waals surface area contributed by atoms with Crippen molar-refractivity contribution >= 4 is 46.5 Å². The lowest BCUT2D eigenvalue weighted by molar-refractivity contribution is -0.139. The third-order valence-electron chi connectivity index (χ3n) is 6.07. The number of para-hydroxylation sites is 1. The minimum atomic E-state index is -1.26. The van der Waals surface area contributed by atoms with Gasteiger partial charge in [-0.05, 0) is 41.5 Å². The highest BCUT2D eigenvalue weighted by Crippen LogP contribution is 2.50. The van der Waals surface area contributed by atoms with Crippen molar-refractivity contribution < 1.29 is 14.7 Å². The molecule has 5 rings (SSSR count). The summed E-state index contributed by atoms with van der Waals surface area (Å²) in [6.07, 6.45) is 0.575. The molecule has 31 heavy (non-hydrogen) atoms. The van der Waals surface area contributed by atoms with Crippen molar-refractivity contribution in [3.8, 4) is 0 Å². The summed E-state index contributed by atoms with van der Waals surface area (Å²) in [5, 5.41) is 14.1. The molecule has 3 aromatic rings. The highest BCUT2D eigenvalue weighted by molar-refractivity contribution is 6.31. The van der Waals surface area contributed by atoms with Gasteiger partial charge < -0.3 is 15.3 Å². The number of nitrogens with zero attached hydrogens (tertiary/aromatic N) is 1. The van der Waals surface area contributed by atoms with Crippen LogP contribution in [-0.2, 0) is 28.0 Å². The Kier molecular flexibility index (Phi) is 4.68. The molecule has 5 nitrogen and oxygen atoms in total. The summed E-state index contributed by atoms with van der Waals surface area (Å²) in [4.78, 5) is 27.8. The zero-order valence-corrected chi connectivity index (χ0v) is 17.8. The van der Waals surface area contributed by atoms with Gasteiger partial charge in [0.1, 0.15) is 6.04 Å². The second-order valence-corrected chi connectivity index (χ2v) is 8.74. The molecule has 0 saturated carbocycles. The number of anilines is 2. The number of carboxylic acids is 1. The first kappa shape index (κ1) is 19.9. The molecule has 7 heteroatoms. The smallest absolute Gasteiger partial charge is 0.326 e. The first-order chi connectivity index (χ1) is 14.9. The Balaban J connectivity index is 1.78. The minimum absolute atomic E-state index is 0.256. The topological polar surface area (TPSA) is 69.6 Å². The fourth-order valence-electron chi connectivity index (χ4n) is 4.83. The van der Waals surface area contributed by atoms with Crippen LogP contribution in [0.1, 0.15) is 16.7 Å². The Morgan fingerprint density at radius 1 is 1.06 bits per heavy atom. The molecule has 1 amide bonds. The van der Waals surface area contributed by atoms with Crippen molar-refractivity contribution in [3.63, 3.8) is 0 Å². The zero-order chi connectivity index (χ0) is 21.8. The van der Waals surface area contributed by atoms with Crippen LogP contribution in [0.5, 0.6) is 0 Å². The summed E-state index contributed by atoms with van der Waals surface area (Å²) in [6.45, 7) is 0. The summed E-state index contributed by atoms with van der Waals surface area (Å²) in [7, 11) is 0. The third-order valence-corrected chi connectivity index (χ3v) is 6.54. The van der Waals surface area contributed by atoms with Gasteiger partial charge in [-0.1, -0.05) is 59.6 Å². The van der Waals surface area contributed by atoms with Gasteiger partial charge in [-0.25, -0.2) is 4.79 Å². The van der Waals surface area contributed by atoms with Gasteiger partial charge in [0.2, 0.25) is 0 Å². The van der Waals surface area contributed by atoms with E-state index in [0.717, 1.165) is 16.8 Å². The second kappa shape index (κ2) is 7.29. The first-order valence-electron chi connectivity index (χ1n) is 9.86. The molecule has 0 aliphatic carbocycles. The van der Waals surface area contributed by atoms with E-state index in [1.165, 1.54) is 0 Å². The monoisotopic (exact) mass is 452 g/mol. The molecule has 0 aromatic heterocycles. The number of rotatable bonds is 4. The molecule has 2 atom stereocenters. The highest BCUT2D eigenvalue weighted by Gasteiger charge is 2.56. The van der Waals surface area contributed by atoms with E-state index in [1.54, 1.807) is 29.2 Å². The average Bonchev–Trinajstić information content (AvgIpc) is 3.24. The normalized spacial score (nSPS) is 21.5. The number of hydrogen-bond acceptors (Lipinski definition) is 3. The average molecular weight is 453 g/mol. The maximum absolute atomic E-state index is 13.7. The third kappa shape index (κ3) is 3.08. The van der Waals surface area contributed by atoms with E-state index in [1.807, 2.05) is 42.5 Å². The largest absolute Gasteiger partial charge is 0.480 e.